The number of carbonyl (C=O) groups is 1. The van der Waals surface area contributed by atoms with Gasteiger partial charge in [0.05, 0.1) is 17.3 Å². The van der Waals surface area contributed by atoms with Gasteiger partial charge < -0.3 is 9.64 Å². The highest BCUT2D eigenvalue weighted by molar-refractivity contribution is 7.92. The molecule has 3 rings (SSSR count). The van der Waals surface area contributed by atoms with Crippen LogP contribution in [0.4, 0.5) is 0 Å². The van der Waals surface area contributed by atoms with Gasteiger partial charge in [-0.25, -0.2) is 8.42 Å². The van der Waals surface area contributed by atoms with Gasteiger partial charge in [0.25, 0.3) is 5.91 Å². The molecule has 1 aliphatic heterocycles. The summed E-state index contributed by atoms with van der Waals surface area (Å²) in [5.74, 6) is 0.541. The molecule has 0 N–H and O–H groups in total. The topological polar surface area (TPSA) is 76.6 Å². The summed E-state index contributed by atoms with van der Waals surface area (Å²) in [7, 11) is -1.86. The third-order valence-electron chi connectivity index (χ3n) is 4.48. The summed E-state index contributed by atoms with van der Waals surface area (Å²) in [6.07, 6.45) is 4.03. The number of benzene rings is 1. The van der Waals surface area contributed by atoms with Crippen LogP contribution in [0.3, 0.4) is 0 Å². The van der Waals surface area contributed by atoms with Crippen LogP contribution in [0.1, 0.15) is 23.2 Å². The summed E-state index contributed by atoms with van der Waals surface area (Å²) in [4.78, 5) is 18.3. The Morgan fingerprint density at radius 1 is 1.08 bits per heavy atom. The van der Waals surface area contributed by atoms with Gasteiger partial charge in [-0.15, -0.1) is 0 Å². The maximum absolute atomic E-state index is 12.8. The van der Waals surface area contributed by atoms with Crippen LogP contribution in [0.15, 0.2) is 53.7 Å². The fraction of sp³-hybridized carbons (Fsp3) is 0.333. The van der Waals surface area contributed by atoms with Crippen LogP contribution in [0.25, 0.3) is 0 Å². The van der Waals surface area contributed by atoms with Crippen LogP contribution < -0.4 is 4.74 Å². The molecule has 0 bridgehead atoms. The molecule has 0 saturated carbocycles. The van der Waals surface area contributed by atoms with E-state index in [-0.39, 0.29) is 5.91 Å². The van der Waals surface area contributed by atoms with Gasteiger partial charge in [-0.1, -0.05) is 0 Å². The van der Waals surface area contributed by atoms with E-state index in [2.05, 4.69) is 4.98 Å². The van der Waals surface area contributed by atoms with Crippen molar-refractivity contribution >= 4 is 15.7 Å². The fourth-order valence-corrected chi connectivity index (χ4v) is 4.74. The normalized spacial score (nSPS) is 15.8. The van der Waals surface area contributed by atoms with Crippen LogP contribution in [-0.2, 0) is 9.84 Å². The molecule has 1 fully saturated rings. The third-order valence-corrected chi connectivity index (χ3v) is 6.76. The fourth-order valence-electron chi connectivity index (χ4n) is 3.00. The second kappa shape index (κ2) is 7.23. The lowest BCUT2D eigenvalue weighted by atomic mass is 10.1. The maximum atomic E-state index is 12.8. The standard InChI is InChI=1S/C18H20N2O4S/c1-24-15-2-4-16(5-3-15)25(22,23)17-8-12-20(13-9-17)18(21)14-6-10-19-11-7-14/h2-7,10-11,17H,8-9,12-13H2,1H3. The zero-order valence-corrected chi connectivity index (χ0v) is 14.8. The zero-order chi connectivity index (χ0) is 17.9. The third kappa shape index (κ3) is 3.66. The highest BCUT2D eigenvalue weighted by atomic mass is 32.2. The zero-order valence-electron chi connectivity index (χ0n) is 14.0. The number of ether oxygens (including phenoxy) is 1. The highest BCUT2D eigenvalue weighted by Crippen LogP contribution is 2.26. The number of aromatic nitrogens is 1. The van der Waals surface area contributed by atoms with Gasteiger partial charge in [0.2, 0.25) is 0 Å². The number of likely N-dealkylation sites (tertiary alicyclic amines) is 1. The van der Waals surface area contributed by atoms with E-state index < -0.39 is 15.1 Å². The number of pyridine rings is 1. The first-order chi connectivity index (χ1) is 12.0. The average molecular weight is 360 g/mol. The average Bonchev–Trinajstić information content (AvgIpc) is 2.68. The van der Waals surface area contributed by atoms with E-state index >= 15 is 0 Å². The molecule has 1 saturated heterocycles. The summed E-state index contributed by atoms with van der Waals surface area (Å²) in [6, 6.07) is 9.78. The van der Waals surface area contributed by atoms with E-state index in [0.29, 0.717) is 42.1 Å². The first-order valence-corrected chi connectivity index (χ1v) is 9.64. The van der Waals surface area contributed by atoms with Gasteiger partial charge in [0.1, 0.15) is 5.75 Å². The van der Waals surface area contributed by atoms with Crippen LogP contribution in [0.2, 0.25) is 0 Å². The first kappa shape index (κ1) is 17.4. The van der Waals surface area contributed by atoms with Crippen molar-refractivity contribution in [1.82, 2.24) is 9.88 Å². The predicted octanol–water partition coefficient (Wildman–Crippen LogP) is 2.17. The molecule has 0 aliphatic carbocycles. The number of hydrogen-bond acceptors (Lipinski definition) is 5. The maximum Gasteiger partial charge on any atom is 0.253 e. The van der Waals surface area contributed by atoms with Crippen LogP contribution in [0, 0.1) is 0 Å². The van der Waals surface area contributed by atoms with Crippen molar-refractivity contribution < 1.29 is 17.9 Å². The molecule has 1 aliphatic rings. The number of rotatable bonds is 4. The van der Waals surface area contributed by atoms with E-state index in [1.165, 1.54) is 0 Å². The minimum atomic E-state index is -3.40. The van der Waals surface area contributed by atoms with Crippen molar-refractivity contribution in [2.45, 2.75) is 23.0 Å². The molecule has 7 heteroatoms. The summed E-state index contributed by atoms with van der Waals surface area (Å²) in [5.41, 5.74) is 0.575. The minimum absolute atomic E-state index is 0.0808. The largest absolute Gasteiger partial charge is 0.497 e. The Hall–Kier alpha value is -2.41. The Balaban J connectivity index is 1.67. The SMILES string of the molecule is COc1ccc(S(=O)(=O)C2CCN(C(=O)c3ccncc3)CC2)cc1. The smallest absolute Gasteiger partial charge is 0.253 e. The van der Waals surface area contributed by atoms with Gasteiger partial charge in [-0.2, -0.15) is 0 Å². The quantitative estimate of drug-likeness (QED) is 0.835. The number of piperidine rings is 1. The van der Waals surface area contributed by atoms with Gasteiger partial charge in [0, 0.05) is 31.0 Å². The van der Waals surface area contributed by atoms with E-state index in [9.17, 15) is 13.2 Å². The van der Waals surface area contributed by atoms with Crippen molar-refractivity contribution in [2.75, 3.05) is 20.2 Å². The Morgan fingerprint density at radius 3 is 2.24 bits per heavy atom. The summed E-state index contributed by atoms with van der Waals surface area (Å²) in [6.45, 7) is 0.864. The Kier molecular flexibility index (Phi) is 5.03. The molecule has 25 heavy (non-hydrogen) atoms. The molecule has 0 radical (unpaired) electrons. The first-order valence-electron chi connectivity index (χ1n) is 8.09. The molecule has 0 atom stereocenters. The second-order valence-corrected chi connectivity index (χ2v) is 8.18. The molecule has 0 spiro atoms. The van der Waals surface area contributed by atoms with Gasteiger partial charge in [0.15, 0.2) is 9.84 Å². The number of amides is 1. The van der Waals surface area contributed by atoms with Gasteiger partial charge in [-0.3, -0.25) is 9.78 Å². The summed E-state index contributed by atoms with van der Waals surface area (Å²) in [5, 5.41) is -0.470. The molecule has 1 aromatic heterocycles. The number of methoxy groups -OCH3 is 1. The summed E-state index contributed by atoms with van der Waals surface area (Å²) < 4.78 is 30.6. The van der Waals surface area contributed by atoms with E-state index in [0.717, 1.165) is 0 Å². The van der Waals surface area contributed by atoms with Crippen molar-refractivity contribution in [3.63, 3.8) is 0 Å². The van der Waals surface area contributed by atoms with E-state index in [1.807, 2.05) is 0 Å². The van der Waals surface area contributed by atoms with E-state index in [4.69, 9.17) is 4.74 Å². The molecule has 2 aromatic rings. The number of carbonyl (C=O) groups excluding carboxylic acids is 1. The Labute approximate surface area is 147 Å². The van der Waals surface area contributed by atoms with Crippen molar-refractivity contribution in [3.05, 3.63) is 54.4 Å². The molecule has 2 heterocycles. The lowest BCUT2D eigenvalue weighted by Crippen LogP contribution is -2.42. The molecule has 1 amide bonds. The van der Waals surface area contributed by atoms with E-state index in [1.54, 1.807) is 60.8 Å². The number of nitrogens with zero attached hydrogens (tertiary/aromatic N) is 2. The molecular weight excluding hydrogens is 340 g/mol. The molecule has 0 unspecified atom stereocenters. The second-order valence-electron chi connectivity index (χ2n) is 5.95. The monoisotopic (exact) mass is 360 g/mol. The highest BCUT2D eigenvalue weighted by Gasteiger charge is 2.32. The lowest BCUT2D eigenvalue weighted by molar-refractivity contribution is 0.0725. The van der Waals surface area contributed by atoms with Crippen molar-refractivity contribution in [3.8, 4) is 5.75 Å². The number of sulfone groups is 1. The lowest BCUT2D eigenvalue weighted by Gasteiger charge is -2.31. The van der Waals surface area contributed by atoms with Gasteiger partial charge in [-0.05, 0) is 49.2 Å². The van der Waals surface area contributed by atoms with Crippen LogP contribution in [0.5, 0.6) is 5.75 Å². The molecular formula is C18H20N2O4S. The molecule has 1 aromatic carbocycles. The molecule has 132 valence electrons. The molecule has 6 nitrogen and oxygen atoms in total. The van der Waals surface area contributed by atoms with Crippen LogP contribution >= 0.6 is 0 Å². The number of hydrogen-bond donors (Lipinski definition) is 0. The van der Waals surface area contributed by atoms with Crippen molar-refractivity contribution in [2.24, 2.45) is 0 Å². The minimum Gasteiger partial charge on any atom is -0.497 e. The Morgan fingerprint density at radius 2 is 1.68 bits per heavy atom. The van der Waals surface area contributed by atoms with Crippen LogP contribution in [-0.4, -0.2) is 49.7 Å². The Bertz CT molecular complexity index is 827. The predicted molar refractivity (Wildman–Crippen MR) is 93.3 cm³/mol. The van der Waals surface area contributed by atoms with Crippen molar-refractivity contribution in [1.29, 1.82) is 0 Å². The summed E-state index contributed by atoms with van der Waals surface area (Å²) >= 11 is 0. The van der Waals surface area contributed by atoms with Gasteiger partial charge >= 0.3 is 0 Å².